The van der Waals surface area contributed by atoms with Crippen molar-refractivity contribution in [1.29, 1.82) is 0 Å². The molecular formula is C35H39N3O5S. The van der Waals surface area contributed by atoms with E-state index in [0.717, 1.165) is 21.7 Å². The summed E-state index contributed by atoms with van der Waals surface area (Å²) in [6, 6.07) is 33.8. The fourth-order valence-electron chi connectivity index (χ4n) is 4.68. The summed E-state index contributed by atoms with van der Waals surface area (Å²) in [6.45, 7) is 4.10. The molecule has 230 valence electrons. The summed E-state index contributed by atoms with van der Waals surface area (Å²) in [6.07, 6.45) is 1.33. The fourth-order valence-corrected chi connectivity index (χ4v) is 5.52. The Morgan fingerprint density at radius 1 is 0.750 bits per heavy atom. The first-order valence-electron chi connectivity index (χ1n) is 14.6. The molecule has 2 amide bonds. The van der Waals surface area contributed by atoms with Crippen molar-refractivity contribution >= 4 is 27.5 Å². The third kappa shape index (κ3) is 9.44. The molecule has 0 aromatic heterocycles. The predicted molar refractivity (Wildman–Crippen MR) is 174 cm³/mol. The van der Waals surface area contributed by atoms with E-state index in [0.29, 0.717) is 23.7 Å². The van der Waals surface area contributed by atoms with Gasteiger partial charge in [0, 0.05) is 19.5 Å². The average molecular weight is 614 g/mol. The topological polar surface area (TPSA) is 96.0 Å². The molecule has 0 bridgehead atoms. The van der Waals surface area contributed by atoms with Crippen LogP contribution in [0.4, 0.5) is 5.69 Å². The summed E-state index contributed by atoms with van der Waals surface area (Å²) in [7, 11) is -3.87. The van der Waals surface area contributed by atoms with Crippen molar-refractivity contribution in [3.63, 3.8) is 0 Å². The number of hydrogen-bond donors (Lipinski definition) is 1. The zero-order chi connectivity index (χ0) is 31.5. The maximum atomic E-state index is 14.2. The number of rotatable bonds is 14. The number of benzene rings is 4. The van der Waals surface area contributed by atoms with E-state index in [1.54, 1.807) is 24.3 Å². The smallest absolute Gasteiger partial charge is 0.244 e. The van der Waals surface area contributed by atoms with Gasteiger partial charge < -0.3 is 15.0 Å². The van der Waals surface area contributed by atoms with Gasteiger partial charge in [0.1, 0.15) is 24.1 Å². The van der Waals surface area contributed by atoms with E-state index in [2.05, 4.69) is 5.32 Å². The van der Waals surface area contributed by atoms with E-state index in [1.165, 1.54) is 4.90 Å². The highest BCUT2D eigenvalue weighted by Gasteiger charge is 2.33. The molecule has 1 N–H and O–H groups in total. The van der Waals surface area contributed by atoms with Gasteiger partial charge in [-0.1, -0.05) is 92.7 Å². The second-order valence-electron chi connectivity index (χ2n) is 11.0. The number of amides is 2. The zero-order valence-corrected chi connectivity index (χ0v) is 26.1. The Bertz CT molecular complexity index is 1600. The van der Waals surface area contributed by atoms with Crippen molar-refractivity contribution in [1.82, 2.24) is 10.2 Å². The Morgan fingerprint density at radius 2 is 1.27 bits per heavy atom. The highest BCUT2D eigenvalue weighted by molar-refractivity contribution is 7.92. The van der Waals surface area contributed by atoms with Gasteiger partial charge in [-0.15, -0.1) is 0 Å². The van der Waals surface area contributed by atoms with Crippen LogP contribution in [0.15, 0.2) is 115 Å². The lowest BCUT2D eigenvalue weighted by Gasteiger charge is -2.33. The highest BCUT2D eigenvalue weighted by Crippen LogP contribution is 2.26. The van der Waals surface area contributed by atoms with Gasteiger partial charge in [0.15, 0.2) is 0 Å². The number of para-hydroxylation sites is 1. The van der Waals surface area contributed by atoms with Crippen LogP contribution >= 0.6 is 0 Å². The quantitative estimate of drug-likeness (QED) is 0.198. The van der Waals surface area contributed by atoms with Crippen LogP contribution in [0.2, 0.25) is 0 Å². The lowest BCUT2D eigenvalue weighted by molar-refractivity contribution is -0.140. The maximum Gasteiger partial charge on any atom is 0.244 e. The van der Waals surface area contributed by atoms with Gasteiger partial charge in [0.2, 0.25) is 21.8 Å². The van der Waals surface area contributed by atoms with Gasteiger partial charge in [0.25, 0.3) is 0 Å². The molecule has 0 saturated heterocycles. The molecule has 44 heavy (non-hydrogen) atoms. The SMILES string of the molecule is CC(C)CNC(=O)[C@@H](Cc1ccccc1)N(Cc1ccccc1)C(=O)CN(c1ccc(Oc2ccccc2)cc1)S(C)(=O)=O. The van der Waals surface area contributed by atoms with E-state index in [9.17, 15) is 18.0 Å². The molecule has 1 atom stereocenters. The Hall–Kier alpha value is -4.63. The predicted octanol–water partition coefficient (Wildman–Crippen LogP) is 5.66. The molecule has 0 fully saturated rings. The normalized spacial score (nSPS) is 11.9. The molecule has 0 saturated carbocycles. The second kappa shape index (κ2) is 15.2. The van der Waals surface area contributed by atoms with Gasteiger partial charge in [0.05, 0.1) is 11.9 Å². The molecule has 4 rings (SSSR count). The average Bonchev–Trinajstić information content (AvgIpc) is 3.01. The molecule has 9 heteroatoms. The van der Waals surface area contributed by atoms with E-state index >= 15 is 0 Å². The van der Waals surface area contributed by atoms with Crippen molar-refractivity contribution < 1.29 is 22.7 Å². The molecule has 8 nitrogen and oxygen atoms in total. The fraction of sp³-hybridized carbons (Fsp3) is 0.257. The number of sulfonamides is 1. The third-order valence-electron chi connectivity index (χ3n) is 6.93. The number of anilines is 1. The maximum absolute atomic E-state index is 14.2. The number of ether oxygens (including phenoxy) is 1. The van der Waals surface area contributed by atoms with Crippen molar-refractivity contribution in [3.8, 4) is 11.5 Å². The van der Waals surface area contributed by atoms with E-state index in [4.69, 9.17) is 4.74 Å². The van der Waals surface area contributed by atoms with Gasteiger partial charge >= 0.3 is 0 Å². The van der Waals surface area contributed by atoms with Crippen LogP contribution in [-0.2, 0) is 32.6 Å². The summed E-state index contributed by atoms with van der Waals surface area (Å²) >= 11 is 0. The lowest BCUT2D eigenvalue weighted by Crippen LogP contribution is -2.53. The van der Waals surface area contributed by atoms with Crippen LogP contribution in [-0.4, -0.2) is 50.5 Å². The molecular weight excluding hydrogens is 574 g/mol. The third-order valence-corrected chi connectivity index (χ3v) is 8.07. The first-order chi connectivity index (χ1) is 21.1. The molecule has 0 spiro atoms. The molecule has 0 aliphatic carbocycles. The summed E-state index contributed by atoms with van der Waals surface area (Å²) in [5.74, 6) is 0.594. The van der Waals surface area contributed by atoms with E-state index < -0.39 is 28.5 Å². The summed E-state index contributed by atoms with van der Waals surface area (Å²) < 4.78 is 33.0. The minimum atomic E-state index is -3.87. The van der Waals surface area contributed by atoms with Crippen LogP contribution in [0.1, 0.15) is 25.0 Å². The van der Waals surface area contributed by atoms with Gasteiger partial charge in [-0.25, -0.2) is 8.42 Å². The van der Waals surface area contributed by atoms with Crippen LogP contribution in [0.25, 0.3) is 0 Å². The Morgan fingerprint density at radius 3 is 1.82 bits per heavy atom. The summed E-state index contributed by atoms with van der Waals surface area (Å²) in [5, 5.41) is 2.99. The highest BCUT2D eigenvalue weighted by atomic mass is 32.2. The Labute approximate surface area is 260 Å². The Kier molecular flexibility index (Phi) is 11.2. The molecule has 0 heterocycles. The standard InChI is InChI=1S/C35H39N3O5S/c1-27(2)24-36-35(40)33(23-28-13-7-4-8-14-28)37(25-29-15-9-5-10-16-29)34(39)26-38(44(3,41)42)30-19-21-32(22-20-30)43-31-17-11-6-12-18-31/h4-22,27,33H,23-26H2,1-3H3,(H,36,40)/t33-/m1/s1. The van der Waals surface area contributed by atoms with Crippen molar-refractivity contribution in [3.05, 3.63) is 126 Å². The first kappa shape index (κ1) is 32.3. The van der Waals surface area contributed by atoms with E-state index in [-0.39, 0.29) is 24.8 Å². The first-order valence-corrected chi connectivity index (χ1v) is 16.4. The van der Waals surface area contributed by atoms with Gasteiger partial charge in [-0.2, -0.15) is 0 Å². The largest absolute Gasteiger partial charge is 0.457 e. The molecule has 0 aliphatic heterocycles. The van der Waals surface area contributed by atoms with Crippen LogP contribution in [0, 0.1) is 5.92 Å². The summed E-state index contributed by atoms with van der Waals surface area (Å²) in [4.78, 5) is 29.3. The minimum Gasteiger partial charge on any atom is -0.457 e. The van der Waals surface area contributed by atoms with E-state index in [1.807, 2.05) is 105 Å². The van der Waals surface area contributed by atoms with Crippen molar-refractivity contribution in [2.24, 2.45) is 5.92 Å². The molecule has 0 aliphatic rings. The zero-order valence-electron chi connectivity index (χ0n) is 25.3. The monoisotopic (exact) mass is 613 g/mol. The molecule has 0 unspecified atom stereocenters. The number of hydrogen-bond acceptors (Lipinski definition) is 5. The number of nitrogens with zero attached hydrogens (tertiary/aromatic N) is 2. The van der Waals surface area contributed by atoms with Gasteiger partial charge in [-0.3, -0.25) is 13.9 Å². The molecule has 4 aromatic rings. The van der Waals surface area contributed by atoms with Crippen LogP contribution < -0.4 is 14.4 Å². The number of carbonyl (C=O) groups is 2. The van der Waals surface area contributed by atoms with Crippen LogP contribution in [0.3, 0.4) is 0 Å². The minimum absolute atomic E-state index is 0.133. The van der Waals surface area contributed by atoms with Crippen molar-refractivity contribution in [2.45, 2.75) is 32.9 Å². The second-order valence-corrected chi connectivity index (χ2v) is 12.9. The van der Waals surface area contributed by atoms with Crippen LogP contribution in [0.5, 0.6) is 11.5 Å². The lowest BCUT2D eigenvalue weighted by atomic mass is 10.0. The number of nitrogens with one attached hydrogen (secondary N) is 1. The summed E-state index contributed by atoms with van der Waals surface area (Å²) in [5.41, 5.74) is 2.02. The Balaban J connectivity index is 1.65. The molecule has 4 aromatic carbocycles. The number of carbonyl (C=O) groups excluding carboxylic acids is 2. The van der Waals surface area contributed by atoms with Crippen molar-refractivity contribution in [2.75, 3.05) is 23.7 Å². The molecule has 0 radical (unpaired) electrons. The van der Waals surface area contributed by atoms with Gasteiger partial charge in [-0.05, 0) is 53.4 Å².